The molecule has 1 aliphatic heterocycles. The van der Waals surface area contributed by atoms with Gasteiger partial charge in [-0.25, -0.2) is 0 Å². The van der Waals surface area contributed by atoms with Crippen molar-refractivity contribution in [2.75, 3.05) is 39.3 Å². The van der Waals surface area contributed by atoms with E-state index >= 15 is 0 Å². The zero-order valence-corrected chi connectivity index (χ0v) is 17.4. The fraction of sp³-hybridized carbons (Fsp3) is 0.947. The molecule has 4 nitrogen and oxygen atoms in total. The quantitative estimate of drug-likeness (QED) is 0.634. The Labute approximate surface area is 167 Å². The first-order chi connectivity index (χ1) is 11.3. The Balaban J connectivity index is 0.00000288. The van der Waals surface area contributed by atoms with Gasteiger partial charge in [-0.15, -0.1) is 24.8 Å². The monoisotopic (exact) mass is 395 g/mol. The lowest BCUT2D eigenvalue weighted by Gasteiger charge is -2.28. The van der Waals surface area contributed by atoms with Gasteiger partial charge in [-0.1, -0.05) is 32.1 Å². The van der Waals surface area contributed by atoms with Gasteiger partial charge in [0.2, 0.25) is 5.91 Å². The third-order valence-electron chi connectivity index (χ3n) is 5.53. The summed E-state index contributed by atoms with van der Waals surface area (Å²) in [6.07, 6.45) is 13.4. The summed E-state index contributed by atoms with van der Waals surface area (Å²) in [6, 6.07) is 0. The molecule has 0 radical (unpaired) electrons. The van der Waals surface area contributed by atoms with E-state index in [9.17, 15) is 4.79 Å². The van der Waals surface area contributed by atoms with E-state index in [4.69, 9.17) is 5.73 Å². The summed E-state index contributed by atoms with van der Waals surface area (Å²) in [7, 11) is 0. The van der Waals surface area contributed by atoms with Crippen LogP contribution in [0.2, 0.25) is 0 Å². The molecule has 1 heterocycles. The van der Waals surface area contributed by atoms with Gasteiger partial charge in [0.25, 0.3) is 0 Å². The molecule has 2 aliphatic rings. The molecule has 6 heteroatoms. The fourth-order valence-electron chi connectivity index (χ4n) is 4.07. The standard InChI is InChI=1S/C19H37N3O.2ClH/c20-12-7-2-1-6-11-19(23)22-14-8-13-21(15-16-22)17-18-9-4-3-5-10-18;;/h18H,1-17,20H2;2*1H. The number of halogens is 2. The van der Waals surface area contributed by atoms with E-state index in [1.165, 1.54) is 51.6 Å². The molecule has 2 rings (SSSR count). The van der Waals surface area contributed by atoms with Crippen LogP contribution in [0.25, 0.3) is 0 Å². The molecule has 0 spiro atoms. The largest absolute Gasteiger partial charge is 0.341 e. The highest BCUT2D eigenvalue weighted by atomic mass is 35.5. The average Bonchev–Trinajstić information content (AvgIpc) is 2.81. The lowest BCUT2D eigenvalue weighted by Crippen LogP contribution is -2.36. The van der Waals surface area contributed by atoms with Crippen molar-refractivity contribution in [2.24, 2.45) is 11.7 Å². The Bertz CT molecular complexity index is 339. The van der Waals surface area contributed by atoms with E-state index < -0.39 is 0 Å². The fourth-order valence-corrected chi connectivity index (χ4v) is 4.07. The number of nitrogens with two attached hydrogens (primary N) is 1. The van der Waals surface area contributed by atoms with Crippen LogP contribution in [-0.4, -0.2) is 55.0 Å². The zero-order valence-electron chi connectivity index (χ0n) is 15.8. The van der Waals surface area contributed by atoms with Crippen LogP contribution in [0, 0.1) is 5.92 Å². The van der Waals surface area contributed by atoms with Gasteiger partial charge in [-0.2, -0.15) is 0 Å². The number of carbonyl (C=O) groups is 1. The highest BCUT2D eigenvalue weighted by molar-refractivity contribution is 5.85. The van der Waals surface area contributed by atoms with E-state index in [0.717, 1.165) is 64.2 Å². The maximum atomic E-state index is 12.4. The zero-order chi connectivity index (χ0) is 16.3. The van der Waals surface area contributed by atoms with Crippen LogP contribution in [0.5, 0.6) is 0 Å². The van der Waals surface area contributed by atoms with Gasteiger partial charge in [0, 0.05) is 32.6 Å². The Kier molecular flexibility index (Phi) is 15.1. The summed E-state index contributed by atoms with van der Waals surface area (Å²) in [5.41, 5.74) is 5.50. The van der Waals surface area contributed by atoms with Gasteiger partial charge in [-0.3, -0.25) is 4.79 Å². The van der Waals surface area contributed by atoms with Crippen LogP contribution in [0.3, 0.4) is 0 Å². The molecule has 1 saturated carbocycles. The van der Waals surface area contributed by atoms with Crippen LogP contribution in [0.15, 0.2) is 0 Å². The topological polar surface area (TPSA) is 49.6 Å². The first kappa shape index (κ1) is 25.0. The second-order valence-electron chi connectivity index (χ2n) is 7.49. The van der Waals surface area contributed by atoms with Crippen molar-refractivity contribution in [3.8, 4) is 0 Å². The number of unbranched alkanes of at least 4 members (excludes halogenated alkanes) is 3. The van der Waals surface area contributed by atoms with Crippen molar-refractivity contribution in [2.45, 2.75) is 70.6 Å². The minimum Gasteiger partial charge on any atom is -0.341 e. The maximum absolute atomic E-state index is 12.4. The summed E-state index contributed by atoms with van der Waals surface area (Å²) >= 11 is 0. The highest BCUT2D eigenvalue weighted by Gasteiger charge is 2.21. The molecule has 2 fully saturated rings. The van der Waals surface area contributed by atoms with E-state index in [1.54, 1.807) is 0 Å². The Morgan fingerprint density at radius 3 is 2.28 bits per heavy atom. The predicted molar refractivity (Wildman–Crippen MR) is 111 cm³/mol. The van der Waals surface area contributed by atoms with Gasteiger partial charge >= 0.3 is 0 Å². The molecular weight excluding hydrogens is 357 g/mol. The smallest absolute Gasteiger partial charge is 0.222 e. The molecule has 0 unspecified atom stereocenters. The number of hydrogen-bond donors (Lipinski definition) is 1. The van der Waals surface area contributed by atoms with E-state index in [1.807, 2.05) is 0 Å². The molecule has 0 bridgehead atoms. The molecule has 2 N–H and O–H groups in total. The molecule has 0 aromatic rings. The molecule has 0 atom stereocenters. The van der Waals surface area contributed by atoms with Gasteiger partial charge < -0.3 is 15.5 Å². The molecule has 25 heavy (non-hydrogen) atoms. The predicted octanol–water partition coefficient (Wildman–Crippen LogP) is 3.85. The molecule has 1 aliphatic carbocycles. The van der Waals surface area contributed by atoms with E-state index in [-0.39, 0.29) is 24.8 Å². The van der Waals surface area contributed by atoms with Crippen molar-refractivity contribution in [1.82, 2.24) is 9.80 Å². The van der Waals surface area contributed by atoms with Crippen LogP contribution < -0.4 is 5.73 Å². The van der Waals surface area contributed by atoms with Crippen molar-refractivity contribution in [1.29, 1.82) is 0 Å². The molecule has 150 valence electrons. The Morgan fingerprint density at radius 2 is 1.56 bits per heavy atom. The summed E-state index contributed by atoms with van der Waals surface area (Å²) in [6.45, 7) is 6.20. The second kappa shape index (κ2) is 15.1. The lowest BCUT2D eigenvalue weighted by molar-refractivity contribution is -0.131. The molecule has 0 aromatic carbocycles. The minimum atomic E-state index is 0. The highest BCUT2D eigenvalue weighted by Crippen LogP contribution is 2.24. The van der Waals surface area contributed by atoms with Gasteiger partial charge in [0.1, 0.15) is 0 Å². The van der Waals surface area contributed by atoms with Crippen molar-refractivity contribution < 1.29 is 4.79 Å². The third-order valence-corrected chi connectivity index (χ3v) is 5.53. The number of nitrogens with zero attached hydrogens (tertiary/aromatic N) is 2. The average molecular weight is 396 g/mol. The third kappa shape index (κ3) is 10.0. The molecule has 0 aromatic heterocycles. The first-order valence-electron chi connectivity index (χ1n) is 10.00. The summed E-state index contributed by atoms with van der Waals surface area (Å²) in [4.78, 5) is 17.1. The van der Waals surface area contributed by atoms with Gasteiger partial charge in [0.15, 0.2) is 0 Å². The van der Waals surface area contributed by atoms with Crippen molar-refractivity contribution >= 4 is 30.7 Å². The van der Waals surface area contributed by atoms with Crippen molar-refractivity contribution in [3.63, 3.8) is 0 Å². The summed E-state index contributed by atoms with van der Waals surface area (Å²) in [5, 5.41) is 0. The number of hydrogen-bond acceptors (Lipinski definition) is 3. The minimum absolute atomic E-state index is 0. The number of rotatable bonds is 8. The number of carbonyl (C=O) groups excluding carboxylic acids is 1. The second-order valence-corrected chi connectivity index (χ2v) is 7.49. The van der Waals surface area contributed by atoms with Crippen LogP contribution >= 0.6 is 24.8 Å². The molecular formula is C19H39Cl2N3O. The van der Waals surface area contributed by atoms with E-state index in [2.05, 4.69) is 9.80 Å². The van der Waals surface area contributed by atoms with Crippen LogP contribution in [0.1, 0.15) is 70.6 Å². The Morgan fingerprint density at radius 1 is 0.840 bits per heavy atom. The number of amides is 1. The Hall–Kier alpha value is -0.0300. The molecule has 1 saturated heterocycles. The normalized spacial score (nSPS) is 19.6. The lowest BCUT2D eigenvalue weighted by atomic mass is 9.89. The maximum Gasteiger partial charge on any atom is 0.222 e. The SMILES string of the molecule is Cl.Cl.NCCCCCCC(=O)N1CCCN(CC2CCCCC2)CC1. The van der Waals surface area contributed by atoms with Gasteiger partial charge in [0.05, 0.1) is 0 Å². The molecule has 1 amide bonds. The first-order valence-corrected chi connectivity index (χ1v) is 10.00. The summed E-state index contributed by atoms with van der Waals surface area (Å²) < 4.78 is 0. The van der Waals surface area contributed by atoms with Crippen LogP contribution in [-0.2, 0) is 4.79 Å². The van der Waals surface area contributed by atoms with Crippen LogP contribution in [0.4, 0.5) is 0 Å². The van der Waals surface area contributed by atoms with Gasteiger partial charge in [-0.05, 0) is 51.1 Å². The van der Waals surface area contributed by atoms with E-state index in [0.29, 0.717) is 5.91 Å². The van der Waals surface area contributed by atoms with Crippen molar-refractivity contribution in [3.05, 3.63) is 0 Å². The summed E-state index contributed by atoms with van der Waals surface area (Å²) in [5.74, 6) is 1.28.